The van der Waals surface area contributed by atoms with E-state index in [-0.39, 0.29) is 47.9 Å². The number of hydrogen-bond donors (Lipinski definition) is 3. The molecule has 1 amide bonds. The third-order valence-corrected chi connectivity index (χ3v) is 5.79. The van der Waals surface area contributed by atoms with Gasteiger partial charge in [0.1, 0.15) is 11.5 Å². The Morgan fingerprint density at radius 3 is 2.16 bits per heavy atom. The van der Waals surface area contributed by atoms with Crippen molar-refractivity contribution < 1.29 is 58.9 Å². The number of nitrogens with one attached hydrogen (secondary N) is 1. The summed E-state index contributed by atoms with van der Waals surface area (Å²) in [4.78, 5) is 24.0. The van der Waals surface area contributed by atoms with Gasteiger partial charge in [0.2, 0.25) is 0 Å². The van der Waals surface area contributed by atoms with Crippen LogP contribution < -0.4 is 40.0 Å². The number of nitrogens with zero attached hydrogens (tertiary/aromatic N) is 1. The molecular formula is C28H30FN2NaO5. The summed E-state index contributed by atoms with van der Waals surface area (Å²) in [6, 6.07) is 15.1. The van der Waals surface area contributed by atoms with Gasteiger partial charge in [0.15, 0.2) is 0 Å². The first kappa shape index (κ1) is 30.5. The zero-order valence-electron chi connectivity index (χ0n) is 21.4. The van der Waals surface area contributed by atoms with E-state index in [4.69, 9.17) is 0 Å². The number of carboxylic acids is 1. The summed E-state index contributed by atoms with van der Waals surface area (Å²) in [6.07, 6.45) is -0.126. The molecule has 3 rings (SSSR count). The first-order valence-electron chi connectivity index (χ1n) is 11.7. The van der Waals surface area contributed by atoms with Crippen LogP contribution in [-0.4, -0.2) is 45.9 Å². The van der Waals surface area contributed by atoms with Gasteiger partial charge in [0.25, 0.3) is 5.91 Å². The van der Waals surface area contributed by atoms with Gasteiger partial charge in [-0.25, -0.2) is 4.39 Å². The third kappa shape index (κ3) is 7.40. The predicted molar refractivity (Wildman–Crippen MR) is 134 cm³/mol. The quantitative estimate of drug-likeness (QED) is 0.333. The third-order valence-electron chi connectivity index (χ3n) is 5.79. The van der Waals surface area contributed by atoms with E-state index in [1.807, 2.05) is 48.7 Å². The number of aliphatic hydroxyl groups excluding tert-OH is 2. The van der Waals surface area contributed by atoms with Crippen LogP contribution in [0.4, 0.5) is 4.39 Å². The average Bonchev–Trinajstić information content (AvgIpc) is 3.18. The van der Waals surface area contributed by atoms with Gasteiger partial charge >= 0.3 is 29.6 Å². The summed E-state index contributed by atoms with van der Waals surface area (Å²) in [5.74, 6) is -2.12. The van der Waals surface area contributed by atoms with Gasteiger partial charge in [-0.05, 0) is 43.2 Å². The maximum Gasteiger partial charge on any atom is 1.00 e. The molecule has 1 aromatic heterocycles. The Hall–Kier alpha value is -2.75. The summed E-state index contributed by atoms with van der Waals surface area (Å²) >= 11 is 0. The topological polar surface area (TPSA) is 115 Å². The van der Waals surface area contributed by atoms with Crippen molar-refractivity contribution in [2.24, 2.45) is 0 Å². The number of carboxylic acid groups (broad SMARTS) is 1. The largest absolute Gasteiger partial charge is 1.00 e. The number of rotatable bonds is 10. The first-order chi connectivity index (χ1) is 17.1. The van der Waals surface area contributed by atoms with Crippen molar-refractivity contribution in [3.8, 4) is 22.3 Å². The smallest absolute Gasteiger partial charge is 0.550 e. The van der Waals surface area contributed by atoms with Crippen molar-refractivity contribution in [3.05, 3.63) is 77.9 Å². The molecule has 3 N–H and O–H groups in total. The molecule has 2 aromatic carbocycles. The molecule has 0 fully saturated rings. The van der Waals surface area contributed by atoms with Crippen molar-refractivity contribution in [2.75, 3.05) is 7.05 Å². The standard InChI is InChI=1S/C28H31FN2O5.Na/c1-17(2)31-23(14-13-21(32)15-22(33)16-24(34)35)25(19-9-11-20(29)12-10-19)26(27(31)28(36)30-3)18-7-5-4-6-8-18;/h4-14,17,21-22,32-33H,15-16H2,1-3H3,(H,30,36)(H,34,35);/q;+1/p-1/t21-,22-;/m1./s1. The van der Waals surface area contributed by atoms with E-state index in [1.54, 1.807) is 25.3 Å². The molecular weight excluding hydrogens is 486 g/mol. The van der Waals surface area contributed by atoms with Gasteiger partial charge < -0.3 is 30.0 Å². The van der Waals surface area contributed by atoms with Crippen LogP contribution in [0.15, 0.2) is 60.7 Å². The Morgan fingerprint density at radius 2 is 1.62 bits per heavy atom. The van der Waals surface area contributed by atoms with E-state index in [0.717, 1.165) is 5.56 Å². The van der Waals surface area contributed by atoms with E-state index in [0.29, 0.717) is 28.1 Å². The second-order valence-electron chi connectivity index (χ2n) is 8.79. The monoisotopic (exact) mass is 516 g/mol. The predicted octanol–water partition coefficient (Wildman–Crippen LogP) is 0.171. The molecule has 3 aromatic rings. The minimum absolute atomic E-state index is 0. The summed E-state index contributed by atoms with van der Waals surface area (Å²) < 4.78 is 15.6. The van der Waals surface area contributed by atoms with Gasteiger partial charge in [0, 0.05) is 48.7 Å². The van der Waals surface area contributed by atoms with Gasteiger partial charge in [-0.1, -0.05) is 48.5 Å². The number of halogens is 1. The van der Waals surface area contributed by atoms with Crippen LogP contribution in [0.25, 0.3) is 28.3 Å². The van der Waals surface area contributed by atoms with E-state index in [1.165, 1.54) is 18.2 Å². The van der Waals surface area contributed by atoms with E-state index < -0.39 is 30.4 Å². The molecule has 0 aliphatic carbocycles. The Bertz CT molecular complexity index is 1240. The van der Waals surface area contributed by atoms with Gasteiger partial charge in [-0.3, -0.25) is 4.79 Å². The fourth-order valence-electron chi connectivity index (χ4n) is 4.28. The van der Waals surface area contributed by atoms with Crippen LogP contribution in [0, 0.1) is 5.82 Å². The number of aliphatic hydroxyl groups is 2. The first-order valence-corrected chi connectivity index (χ1v) is 11.7. The van der Waals surface area contributed by atoms with Crippen molar-refractivity contribution in [1.29, 1.82) is 0 Å². The Kier molecular flexibility index (Phi) is 11.3. The minimum atomic E-state index is -1.41. The molecule has 190 valence electrons. The molecule has 9 heteroatoms. The molecule has 0 radical (unpaired) electrons. The molecule has 0 bridgehead atoms. The van der Waals surface area contributed by atoms with Crippen molar-refractivity contribution in [1.82, 2.24) is 9.88 Å². The van der Waals surface area contributed by atoms with Gasteiger partial charge in [-0.2, -0.15) is 0 Å². The number of carbonyl (C=O) groups excluding carboxylic acids is 2. The molecule has 0 saturated carbocycles. The van der Waals surface area contributed by atoms with Gasteiger partial charge in [0.05, 0.1) is 12.2 Å². The number of carbonyl (C=O) groups is 2. The molecule has 0 saturated heterocycles. The summed E-state index contributed by atoms with van der Waals surface area (Å²) in [6.45, 7) is 3.85. The minimum Gasteiger partial charge on any atom is -0.550 e. The summed E-state index contributed by atoms with van der Waals surface area (Å²) in [5, 5.41) is 33.8. The molecule has 0 aliphatic heterocycles. The molecule has 0 spiro atoms. The number of amides is 1. The molecule has 37 heavy (non-hydrogen) atoms. The number of aromatic nitrogens is 1. The maximum atomic E-state index is 13.8. The second kappa shape index (κ2) is 13.7. The number of hydrogen-bond acceptors (Lipinski definition) is 5. The molecule has 2 atom stereocenters. The number of benzene rings is 2. The van der Waals surface area contributed by atoms with E-state index >= 15 is 0 Å². The molecule has 0 unspecified atom stereocenters. The van der Waals surface area contributed by atoms with E-state index in [2.05, 4.69) is 5.32 Å². The summed E-state index contributed by atoms with van der Waals surface area (Å²) in [7, 11) is 1.55. The fourth-order valence-corrected chi connectivity index (χ4v) is 4.28. The van der Waals surface area contributed by atoms with Crippen molar-refractivity contribution >= 4 is 18.0 Å². The van der Waals surface area contributed by atoms with Crippen LogP contribution in [-0.2, 0) is 4.79 Å². The Morgan fingerprint density at radius 1 is 1.03 bits per heavy atom. The van der Waals surface area contributed by atoms with Crippen LogP contribution in [0.2, 0.25) is 0 Å². The van der Waals surface area contributed by atoms with Crippen molar-refractivity contribution in [3.63, 3.8) is 0 Å². The average molecular weight is 517 g/mol. The van der Waals surface area contributed by atoms with Crippen molar-refractivity contribution in [2.45, 2.75) is 44.9 Å². The normalized spacial score (nSPS) is 12.8. The van der Waals surface area contributed by atoms with Crippen LogP contribution in [0.1, 0.15) is 48.9 Å². The van der Waals surface area contributed by atoms with Gasteiger partial charge in [-0.15, -0.1) is 0 Å². The van der Waals surface area contributed by atoms with Crippen LogP contribution >= 0.6 is 0 Å². The molecule has 7 nitrogen and oxygen atoms in total. The Balaban J connectivity index is 0.00000481. The zero-order valence-corrected chi connectivity index (χ0v) is 23.4. The van der Waals surface area contributed by atoms with Crippen LogP contribution in [0.3, 0.4) is 0 Å². The zero-order chi connectivity index (χ0) is 26.4. The van der Waals surface area contributed by atoms with E-state index in [9.17, 15) is 29.3 Å². The van der Waals surface area contributed by atoms with Crippen LogP contribution in [0.5, 0.6) is 0 Å². The fraction of sp³-hybridized carbons (Fsp3) is 0.286. The number of aliphatic carboxylic acids is 1. The summed E-state index contributed by atoms with van der Waals surface area (Å²) in [5.41, 5.74) is 3.79. The SMILES string of the molecule is CNC(=O)c1c(-c2ccccc2)c(-c2ccc(F)cc2)c(C=C[C@@H](O)C[C@@H](O)CC(=O)[O-])n1C(C)C.[Na+]. The maximum absolute atomic E-state index is 13.8. The molecule has 0 aliphatic rings. The molecule has 1 heterocycles. The second-order valence-corrected chi connectivity index (χ2v) is 8.79. The Labute approximate surface area is 237 Å².